The number of rotatable bonds is 4. The fourth-order valence-electron chi connectivity index (χ4n) is 3.77. The zero-order valence-electron chi connectivity index (χ0n) is 17.3. The zero-order chi connectivity index (χ0) is 22.4. The predicted molar refractivity (Wildman–Crippen MR) is 120 cm³/mol. The minimum absolute atomic E-state index is 0.0670. The van der Waals surface area contributed by atoms with Crippen molar-refractivity contribution in [1.29, 1.82) is 0 Å². The van der Waals surface area contributed by atoms with Crippen LogP contribution in [0.3, 0.4) is 0 Å². The number of H-pyrrole nitrogens is 1. The van der Waals surface area contributed by atoms with Crippen LogP contribution in [0.4, 0.5) is 16.2 Å². The Morgan fingerprint density at radius 2 is 1.91 bits per heavy atom. The smallest absolute Gasteiger partial charge is 0.266 e. The summed E-state index contributed by atoms with van der Waals surface area (Å²) in [6.45, 7) is 3.71. The molecule has 0 aliphatic carbocycles. The quantitative estimate of drug-likeness (QED) is 0.399. The first kappa shape index (κ1) is 19.6. The Kier molecular flexibility index (Phi) is 4.54. The van der Waals surface area contributed by atoms with Gasteiger partial charge in [0.05, 0.1) is 29.0 Å². The van der Waals surface area contributed by atoms with Crippen LogP contribution in [0.1, 0.15) is 24.4 Å². The van der Waals surface area contributed by atoms with Gasteiger partial charge in [-0.25, -0.2) is 14.4 Å². The van der Waals surface area contributed by atoms with Crippen molar-refractivity contribution in [1.82, 2.24) is 29.5 Å². The van der Waals surface area contributed by atoms with Crippen LogP contribution in [0.15, 0.2) is 53.6 Å². The van der Waals surface area contributed by atoms with Crippen molar-refractivity contribution in [2.45, 2.75) is 19.9 Å². The average Bonchev–Trinajstić information content (AvgIpc) is 3.23. The Bertz CT molecular complexity index is 1520. The number of nitrogens with two attached hydrogens (primary N) is 1. The topological polar surface area (TPSA) is 127 Å². The first-order valence-corrected chi connectivity index (χ1v) is 9.93. The number of fused-ring (bicyclic) bond motifs is 2. The number of imidazole rings is 1. The van der Waals surface area contributed by atoms with Gasteiger partial charge in [-0.15, -0.1) is 0 Å². The Labute approximate surface area is 181 Å². The van der Waals surface area contributed by atoms with Gasteiger partial charge in [-0.3, -0.25) is 9.36 Å². The van der Waals surface area contributed by atoms with E-state index in [0.29, 0.717) is 39.4 Å². The third-order valence-corrected chi connectivity index (χ3v) is 5.26. The number of aromatic nitrogens is 6. The fraction of sp³-hybridized carbons (Fsp3) is 0.136. The number of nitrogen functional groups attached to an aromatic ring is 1. The van der Waals surface area contributed by atoms with Crippen molar-refractivity contribution in [3.63, 3.8) is 0 Å². The fourth-order valence-corrected chi connectivity index (χ4v) is 3.77. The highest BCUT2D eigenvalue weighted by atomic mass is 19.1. The summed E-state index contributed by atoms with van der Waals surface area (Å²) in [7, 11) is 0. The molecule has 5 rings (SSSR count). The molecule has 1 unspecified atom stereocenters. The summed E-state index contributed by atoms with van der Waals surface area (Å²) < 4.78 is 15.1. The predicted octanol–water partition coefficient (Wildman–Crippen LogP) is 3.25. The van der Waals surface area contributed by atoms with E-state index < -0.39 is 11.9 Å². The van der Waals surface area contributed by atoms with Gasteiger partial charge in [0.25, 0.3) is 5.56 Å². The Morgan fingerprint density at radius 3 is 2.69 bits per heavy atom. The standard InChI is InChI=1S/C22H19FN8O/c1-11-4-3-5-15-16(11)21(32)31(14-8-6-13(23)7-9-14)20(28-15)12(2)27-19-17-18(26-10-25-17)29-22(24)30-19/h3-10,12H,1-2H3,(H4,24,25,26,27,29,30). The van der Waals surface area contributed by atoms with Crippen LogP contribution in [0.5, 0.6) is 0 Å². The Hall–Kier alpha value is -4.34. The van der Waals surface area contributed by atoms with Gasteiger partial charge in [0.1, 0.15) is 17.2 Å². The summed E-state index contributed by atoms with van der Waals surface area (Å²) in [4.78, 5) is 33.8. The number of nitrogens with one attached hydrogen (secondary N) is 2. The van der Waals surface area contributed by atoms with Crippen molar-refractivity contribution in [3.8, 4) is 5.69 Å². The molecule has 9 nitrogen and oxygen atoms in total. The van der Waals surface area contributed by atoms with Crippen LogP contribution in [0.2, 0.25) is 0 Å². The maximum Gasteiger partial charge on any atom is 0.266 e. The molecule has 4 N–H and O–H groups in total. The van der Waals surface area contributed by atoms with E-state index >= 15 is 0 Å². The van der Waals surface area contributed by atoms with Crippen molar-refractivity contribution >= 4 is 33.8 Å². The number of hydrogen-bond acceptors (Lipinski definition) is 7. The molecular weight excluding hydrogens is 411 g/mol. The maximum absolute atomic E-state index is 13.6. The molecule has 10 heteroatoms. The monoisotopic (exact) mass is 430 g/mol. The normalized spacial score (nSPS) is 12.3. The summed E-state index contributed by atoms with van der Waals surface area (Å²) in [5, 5.41) is 3.77. The Morgan fingerprint density at radius 1 is 1.12 bits per heavy atom. The molecule has 2 aromatic carbocycles. The van der Waals surface area contributed by atoms with Crippen LogP contribution in [-0.2, 0) is 0 Å². The molecule has 0 aliphatic rings. The second-order valence-corrected chi connectivity index (χ2v) is 7.45. The first-order valence-electron chi connectivity index (χ1n) is 9.93. The largest absolute Gasteiger partial charge is 0.368 e. The van der Waals surface area contributed by atoms with E-state index in [-0.39, 0.29) is 11.5 Å². The molecule has 3 heterocycles. The summed E-state index contributed by atoms with van der Waals surface area (Å²) >= 11 is 0. The number of anilines is 2. The first-order chi connectivity index (χ1) is 15.4. The molecule has 0 saturated heterocycles. The molecule has 1 atom stereocenters. The van der Waals surface area contributed by atoms with E-state index in [1.54, 1.807) is 18.2 Å². The molecule has 0 spiro atoms. The molecule has 5 aromatic rings. The van der Waals surface area contributed by atoms with Crippen LogP contribution in [-0.4, -0.2) is 29.5 Å². The van der Waals surface area contributed by atoms with E-state index in [1.165, 1.54) is 23.0 Å². The van der Waals surface area contributed by atoms with Gasteiger partial charge in [-0.2, -0.15) is 9.97 Å². The molecule has 0 amide bonds. The summed E-state index contributed by atoms with van der Waals surface area (Å²) in [6, 6.07) is 10.8. The van der Waals surface area contributed by atoms with E-state index in [1.807, 2.05) is 26.0 Å². The maximum atomic E-state index is 13.6. The number of hydrogen-bond donors (Lipinski definition) is 3. The lowest BCUT2D eigenvalue weighted by atomic mass is 10.1. The van der Waals surface area contributed by atoms with E-state index in [9.17, 15) is 9.18 Å². The molecule has 0 radical (unpaired) electrons. The van der Waals surface area contributed by atoms with Crippen molar-refractivity contribution in [3.05, 3.63) is 76.4 Å². The molecule has 0 fully saturated rings. The highest BCUT2D eigenvalue weighted by Crippen LogP contribution is 2.25. The third-order valence-electron chi connectivity index (χ3n) is 5.26. The molecule has 3 aromatic heterocycles. The minimum atomic E-state index is -0.474. The second kappa shape index (κ2) is 7.41. The summed E-state index contributed by atoms with van der Waals surface area (Å²) in [5.74, 6) is 0.543. The molecule has 32 heavy (non-hydrogen) atoms. The number of aryl methyl sites for hydroxylation is 1. The lowest BCUT2D eigenvalue weighted by molar-refractivity contribution is 0.626. The number of aromatic amines is 1. The molecule has 160 valence electrons. The van der Waals surface area contributed by atoms with E-state index in [4.69, 9.17) is 10.7 Å². The lowest BCUT2D eigenvalue weighted by Gasteiger charge is -2.20. The number of nitrogens with zero attached hydrogens (tertiary/aromatic N) is 5. The van der Waals surface area contributed by atoms with Crippen LogP contribution >= 0.6 is 0 Å². The van der Waals surface area contributed by atoms with Crippen molar-refractivity contribution in [2.24, 2.45) is 0 Å². The third kappa shape index (κ3) is 3.22. The van der Waals surface area contributed by atoms with Gasteiger partial charge >= 0.3 is 0 Å². The summed E-state index contributed by atoms with van der Waals surface area (Å²) in [5.41, 5.74) is 8.48. The second-order valence-electron chi connectivity index (χ2n) is 7.45. The van der Waals surface area contributed by atoms with E-state index in [2.05, 4.69) is 25.3 Å². The Balaban J connectivity index is 1.71. The van der Waals surface area contributed by atoms with Gasteiger partial charge in [0.15, 0.2) is 11.5 Å². The van der Waals surface area contributed by atoms with Gasteiger partial charge in [0, 0.05) is 0 Å². The van der Waals surface area contributed by atoms with Crippen LogP contribution in [0.25, 0.3) is 27.8 Å². The number of benzene rings is 2. The van der Waals surface area contributed by atoms with Crippen molar-refractivity contribution in [2.75, 3.05) is 11.1 Å². The van der Waals surface area contributed by atoms with Gasteiger partial charge in [0.2, 0.25) is 5.95 Å². The van der Waals surface area contributed by atoms with Gasteiger partial charge < -0.3 is 16.0 Å². The molecule has 0 aliphatic heterocycles. The van der Waals surface area contributed by atoms with Crippen molar-refractivity contribution < 1.29 is 4.39 Å². The highest BCUT2D eigenvalue weighted by molar-refractivity contribution is 5.84. The van der Waals surface area contributed by atoms with Gasteiger partial charge in [-0.05, 0) is 49.7 Å². The lowest BCUT2D eigenvalue weighted by Crippen LogP contribution is -2.28. The average molecular weight is 430 g/mol. The summed E-state index contributed by atoms with van der Waals surface area (Å²) in [6.07, 6.45) is 1.50. The zero-order valence-corrected chi connectivity index (χ0v) is 17.3. The van der Waals surface area contributed by atoms with Gasteiger partial charge in [-0.1, -0.05) is 12.1 Å². The molecule has 0 saturated carbocycles. The highest BCUT2D eigenvalue weighted by Gasteiger charge is 2.21. The number of halogens is 1. The SMILES string of the molecule is Cc1cccc2nc(C(C)Nc3nc(N)nc4nc[nH]c34)n(-c3ccc(F)cc3)c(=O)c12. The van der Waals surface area contributed by atoms with Crippen LogP contribution in [0, 0.1) is 12.7 Å². The van der Waals surface area contributed by atoms with E-state index in [0.717, 1.165) is 5.56 Å². The van der Waals surface area contributed by atoms with Crippen LogP contribution < -0.4 is 16.6 Å². The molecular formula is C22H19FN8O. The molecule has 0 bridgehead atoms. The minimum Gasteiger partial charge on any atom is -0.368 e.